The van der Waals surface area contributed by atoms with E-state index in [0.717, 1.165) is 15.5 Å². The maximum absolute atomic E-state index is 5.68. The van der Waals surface area contributed by atoms with Crippen LogP contribution in [0, 0.1) is 0 Å². The van der Waals surface area contributed by atoms with Crippen molar-refractivity contribution in [2.75, 3.05) is 5.73 Å². The van der Waals surface area contributed by atoms with Crippen LogP contribution in [0.1, 0.15) is 0 Å². The van der Waals surface area contributed by atoms with Crippen LogP contribution >= 0.6 is 0 Å². The molecule has 2 aromatic heterocycles. The van der Waals surface area contributed by atoms with Crippen LogP contribution in [0.15, 0.2) is 23.3 Å². The summed E-state index contributed by atoms with van der Waals surface area (Å²) in [4.78, 5) is 6.27. The second kappa shape index (κ2) is 2.11. The Morgan fingerprint density at radius 3 is 3.20 bits per heavy atom. The summed E-state index contributed by atoms with van der Waals surface area (Å²) in [6.45, 7) is 0. The zero-order valence-corrected chi connectivity index (χ0v) is 6.96. The van der Waals surface area contributed by atoms with E-state index < -0.39 is 0 Å². The SMILES string of the molecule is Nc1c[se]c2ncccc12. The molecule has 0 radical (unpaired) electrons. The molecule has 2 rings (SSSR count). The van der Waals surface area contributed by atoms with E-state index in [2.05, 4.69) is 9.92 Å². The van der Waals surface area contributed by atoms with Crippen molar-refractivity contribution in [3.63, 3.8) is 0 Å². The fourth-order valence-corrected chi connectivity index (χ4v) is 2.57. The van der Waals surface area contributed by atoms with E-state index in [1.54, 1.807) is 0 Å². The van der Waals surface area contributed by atoms with E-state index in [1.165, 1.54) is 0 Å². The Kier molecular flexibility index (Phi) is 1.26. The van der Waals surface area contributed by atoms with Crippen molar-refractivity contribution in [1.82, 2.24) is 4.98 Å². The Morgan fingerprint density at radius 2 is 2.40 bits per heavy atom. The molecule has 0 bridgehead atoms. The van der Waals surface area contributed by atoms with Crippen molar-refractivity contribution in [3.8, 4) is 0 Å². The van der Waals surface area contributed by atoms with E-state index in [9.17, 15) is 0 Å². The van der Waals surface area contributed by atoms with E-state index in [-0.39, 0.29) is 0 Å². The van der Waals surface area contributed by atoms with Gasteiger partial charge in [-0.25, -0.2) is 0 Å². The van der Waals surface area contributed by atoms with Gasteiger partial charge in [0, 0.05) is 0 Å². The Balaban J connectivity index is 2.93. The van der Waals surface area contributed by atoms with Gasteiger partial charge in [0.25, 0.3) is 0 Å². The number of nitrogens with two attached hydrogens (primary N) is 1. The molecule has 2 heterocycles. The van der Waals surface area contributed by atoms with E-state index >= 15 is 0 Å². The molecule has 2 nitrogen and oxygen atoms in total. The molecule has 0 spiro atoms. The molecule has 2 aromatic rings. The Hall–Kier alpha value is -0.791. The second-order valence-corrected chi connectivity index (χ2v) is 3.85. The minimum atomic E-state index is 0.376. The van der Waals surface area contributed by atoms with Crippen LogP contribution < -0.4 is 5.73 Å². The first-order valence-electron chi connectivity index (χ1n) is 2.95. The summed E-state index contributed by atoms with van der Waals surface area (Å²) < 4.78 is 1.16. The minimum absolute atomic E-state index is 0.376. The molecule has 0 atom stereocenters. The van der Waals surface area contributed by atoms with Gasteiger partial charge in [-0.05, 0) is 0 Å². The zero-order valence-electron chi connectivity index (χ0n) is 5.24. The first kappa shape index (κ1) is 5.95. The molecule has 0 saturated carbocycles. The predicted octanol–water partition coefficient (Wildman–Crippen LogP) is 0.874. The first-order chi connectivity index (χ1) is 4.88. The van der Waals surface area contributed by atoms with Gasteiger partial charge in [0.15, 0.2) is 0 Å². The van der Waals surface area contributed by atoms with E-state index in [4.69, 9.17) is 5.73 Å². The van der Waals surface area contributed by atoms with E-state index in [0.29, 0.717) is 14.5 Å². The third kappa shape index (κ3) is 0.753. The molecule has 2 N–H and O–H groups in total. The monoisotopic (exact) mass is 198 g/mol. The molecule has 3 heteroatoms. The van der Waals surface area contributed by atoms with Gasteiger partial charge in [0.2, 0.25) is 0 Å². The number of hydrogen-bond donors (Lipinski definition) is 1. The summed E-state index contributed by atoms with van der Waals surface area (Å²) in [5, 5.41) is 1.13. The summed E-state index contributed by atoms with van der Waals surface area (Å²) in [5.41, 5.74) is 6.57. The van der Waals surface area contributed by atoms with Crippen LogP contribution in [0.4, 0.5) is 5.69 Å². The molecule has 0 aliphatic heterocycles. The van der Waals surface area contributed by atoms with Gasteiger partial charge in [-0.1, -0.05) is 0 Å². The number of aromatic nitrogens is 1. The van der Waals surface area contributed by atoms with Crippen LogP contribution in [0.3, 0.4) is 0 Å². The predicted molar refractivity (Wildman–Crippen MR) is 43.1 cm³/mol. The van der Waals surface area contributed by atoms with Crippen molar-refractivity contribution >= 4 is 30.0 Å². The number of rotatable bonds is 0. The van der Waals surface area contributed by atoms with Crippen LogP contribution in [-0.2, 0) is 0 Å². The van der Waals surface area contributed by atoms with Crippen molar-refractivity contribution in [1.29, 1.82) is 0 Å². The van der Waals surface area contributed by atoms with Crippen molar-refractivity contribution in [2.45, 2.75) is 0 Å². The topological polar surface area (TPSA) is 38.9 Å². The standard InChI is InChI=1S/C7H6N2Se/c8-6-4-10-7-5(6)2-1-3-9-7/h1-4H,8H2. The fraction of sp³-hybridized carbons (Fsp3) is 0. The molecule has 0 saturated heterocycles. The van der Waals surface area contributed by atoms with Crippen molar-refractivity contribution < 1.29 is 0 Å². The van der Waals surface area contributed by atoms with Crippen LogP contribution in [0.25, 0.3) is 9.78 Å². The molecule has 0 unspecified atom stereocenters. The maximum atomic E-state index is 5.68. The number of fused-ring (bicyclic) bond motifs is 1. The Morgan fingerprint density at radius 1 is 1.50 bits per heavy atom. The molecule has 0 aliphatic rings. The number of anilines is 1. The van der Waals surface area contributed by atoms with Crippen LogP contribution in [0.5, 0.6) is 0 Å². The summed E-state index contributed by atoms with van der Waals surface area (Å²) in [5.74, 6) is 0. The zero-order chi connectivity index (χ0) is 6.97. The Labute approximate surface area is 64.4 Å². The summed E-state index contributed by atoms with van der Waals surface area (Å²) in [6.07, 6.45) is 1.81. The molecule has 0 fully saturated rings. The Bertz CT molecular complexity index is 353. The molecule has 0 amide bonds. The molecular formula is C7H6N2Se. The fourth-order valence-electron chi connectivity index (χ4n) is 0.887. The van der Waals surface area contributed by atoms with E-state index in [1.807, 2.05) is 18.3 Å². The number of nitrogens with zero attached hydrogens (tertiary/aromatic N) is 1. The van der Waals surface area contributed by atoms with Gasteiger partial charge in [0.1, 0.15) is 0 Å². The molecule has 0 aromatic carbocycles. The number of nitrogen functional groups attached to an aromatic ring is 1. The number of hydrogen-bond acceptors (Lipinski definition) is 2. The third-order valence-corrected chi connectivity index (χ3v) is 3.31. The summed E-state index contributed by atoms with van der Waals surface area (Å²) in [6, 6.07) is 3.93. The normalized spacial score (nSPS) is 10.4. The second-order valence-electron chi connectivity index (χ2n) is 2.05. The summed E-state index contributed by atoms with van der Waals surface area (Å²) >= 11 is 0.376. The van der Waals surface area contributed by atoms with Crippen LogP contribution in [-0.4, -0.2) is 19.5 Å². The first-order valence-corrected chi connectivity index (χ1v) is 4.80. The van der Waals surface area contributed by atoms with Crippen LogP contribution in [0.2, 0.25) is 0 Å². The van der Waals surface area contributed by atoms with Gasteiger partial charge in [-0.3, -0.25) is 0 Å². The average molecular weight is 197 g/mol. The molecule has 50 valence electrons. The van der Waals surface area contributed by atoms with Gasteiger partial charge in [0.05, 0.1) is 0 Å². The number of pyridine rings is 1. The van der Waals surface area contributed by atoms with Crippen molar-refractivity contribution in [3.05, 3.63) is 23.3 Å². The third-order valence-electron chi connectivity index (χ3n) is 1.38. The molecule has 0 aliphatic carbocycles. The van der Waals surface area contributed by atoms with Gasteiger partial charge < -0.3 is 0 Å². The van der Waals surface area contributed by atoms with Gasteiger partial charge in [-0.15, -0.1) is 0 Å². The van der Waals surface area contributed by atoms with Gasteiger partial charge in [-0.2, -0.15) is 0 Å². The van der Waals surface area contributed by atoms with Gasteiger partial charge >= 0.3 is 64.0 Å². The van der Waals surface area contributed by atoms with Crippen molar-refractivity contribution in [2.24, 2.45) is 0 Å². The molecule has 10 heavy (non-hydrogen) atoms. The summed E-state index contributed by atoms with van der Waals surface area (Å²) in [7, 11) is 0. The quantitative estimate of drug-likeness (QED) is 0.636. The average Bonchev–Trinajstić information content (AvgIpc) is 2.34. The molecular weight excluding hydrogens is 191 g/mol.